The normalized spacial score (nSPS) is 13.8. The van der Waals surface area contributed by atoms with Crippen molar-refractivity contribution in [3.63, 3.8) is 0 Å². The molecule has 3 aromatic heterocycles. The van der Waals surface area contributed by atoms with Crippen molar-refractivity contribution < 1.29 is 23.3 Å². The van der Waals surface area contributed by atoms with Crippen LogP contribution in [0.5, 0.6) is 0 Å². The fourth-order valence-electron chi connectivity index (χ4n) is 4.01. The van der Waals surface area contributed by atoms with Crippen LogP contribution < -0.4 is 5.32 Å². The van der Waals surface area contributed by atoms with E-state index in [9.17, 15) is 18.8 Å². The van der Waals surface area contributed by atoms with E-state index in [1.54, 1.807) is 36.2 Å². The van der Waals surface area contributed by atoms with Crippen LogP contribution in [0.3, 0.4) is 0 Å². The summed E-state index contributed by atoms with van der Waals surface area (Å²) >= 11 is 0. The number of H-pyrrole nitrogens is 1. The Morgan fingerprint density at radius 1 is 1.09 bits per heavy atom. The van der Waals surface area contributed by atoms with Gasteiger partial charge in [0.15, 0.2) is 5.82 Å². The number of aromatic nitrogens is 4. The number of hydrogen-bond acceptors (Lipinski definition) is 8. The molecule has 1 aromatic carbocycles. The second-order valence-electron chi connectivity index (χ2n) is 7.86. The molecule has 1 fully saturated rings. The topological polar surface area (TPSA) is 137 Å². The zero-order valence-corrected chi connectivity index (χ0v) is 18.6. The summed E-state index contributed by atoms with van der Waals surface area (Å²) < 4.78 is 19.7. The van der Waals surface area contributed by atoms with Crippen molar-refractivity contribution in [1.82, 2.24) is 29.9 Å². The number of anilines is 1. The van der Waals surface area contributed by atoms with Crippen LogP contribution in [0.1, 0.15) is 20.7 Å². The van der Waals surface area contributed by atoms with Gasteiger partial charge >= 0.3 is 6.01 Å². The quantitative estimate of drug-likeness (QED) is 0.329. The lowest BCUT2D eigenvalue weighted by Gasteiger charge is -2.34. The van der Waals surface area contributed by atoms with Crippen LogP contribution >= 0.6 is 0 Å². The van der Waals surface area contributed by atoms with Crippen molar-refractivity contribution in [3.05, 3.63) is 59.7 Å². The molecule has 1 aliphatic rings. The van der Waals surface area contributed by atoms with E-state index in [0.717, 1.165) is 6.20 Å². The molecule has 4 heterocycles. The molecule has 0 radical (unpaired) electrons. The van der Waals surface area contributed by atoms with Crippen LogP contribution in [-0.2, 0) is 4.79 Å². The number of nitrogens with zero attached hydrogens (tertiary/aromatic N) is 5. The van der Waals surface area contributed by atoms with Crippen LogP contribution in [0.25, 0.3) is 22.4 Å². The van der Waals surface area contributed by atoms with Gasteiger partial charge in [-0.1, -0.05) is 23.4 Å². The van der Waals surface area contributed by atoms with Gasteiger partial charge in [-0.2, -0.15) is 4.98 Å². The maximum Gasteiger partial charge on any atom is 0.321 e. The average molecular weight is 477 g/mol. The number of halogens is 1. The lowest BCUT2D eigenvalue weighted by atomic mass is 10.1. The highest BCUT2D eigenvalue weighted by Gasteiger charge is 2.31. The van der Waals surface area contributed by atoms with Gasteiger partial charge < -0.3 is 24.6 Å². The number of aromatic amines is 1. The summed E-state index contributed by atoms with van der Waals surface area (Å²) in [5.41, 5.74) is 0.783. The first-order valence-corrected chi connectivity index (χ1v) is 10.8. The molecule has 178 valence electrons. The van der Waals surface area contributed by atoms with Crippen LogP contribution in [0.15, 0.2) is 47.2 Å². The third-order valence-electron chi connectivity index (χ3n) is 5.83. The first-order chi connectivity index (χ1) is 17.0. The Kier molecular flexibility index (Phi) is 5.69. The molecule has 2 N–H and O–H groups in total. The Labute approximate surface area is 197 Å². The van der Waals surface area contributed by atoms with Crippen molar-refractivity contribution in [2.45, 2.75) is 0 Å². The Bertz CT molecular complexity index is 1420. The molecule has 1 saturated heterocycles. The smallest absolute Gasteiger partial charge is 0.321 e. The van der Waals surface area contributed by atoms with Crippen LogP contribution in [0, 0.1) is 5.82 Å². The highest BCUT2D eigenvalue weighted by molar-refractivity contribution is 6.45. The Hall–Kier alpha value is -4.61. The lowest BCUT2D eigenvalue weighted by molar-refractivity contribution is -0.127. The third kappa shape index (κ3) is 3.98. The number of carbonyl (C=O) groups is 3. The van der Waals surface area contributed by atoms with E-state index < -0.39 is 17.5 Å². The Morgan fingerprint density at radius 2 is 1.80 bits per heavy atom. The van der Waals surface area contributed by atoms with E-state index in [2.05, 4.69) is 25.4 Å². The minimum atomic E-state index is -0.862. The number of fused-ring (bicyclic) bond motifs is 1. The number of amides is 2. The van der Waals surface area contributed by atoms with Gasteiger partial charge in [0, 0.05) is 45.0 Å². The zero-order chi connectivity index (χ0) is 24.5. The minimum Gasteiger partial charge on any atom is -0.358 e. The first kappa shape index (κ1) is 22.2. The largest absolute Gasteiger partial charge is 0.358 e. The summed E-state index contributed by atoms with van der Waals surface area (Å²) in [5.74, 6) is -2.44. The number of piperazine rings is 1. The summed E-state index contributed by atoms with van der Waals surface area (Å²) in [6, 6.07) is 8.99. The molecule has 2 amide bonds. The predicted octanol–water partition coefficient (Wildman–Crippen LogP) is 1.96. The van der Waals surface area contributed by atoms with E-state index in [-0.39, 0.29) is 66.1 Å². The molecule has 5 rings (SSSR count). The van der Waals surface area contributed by atoms with Crippen molar-refractivity contribution in [2.24, 2.45) is 0 Å². The summed E-state index contributed by atoms with van der Waals surface area (Å²) in [6.45, 7) is 0.955. The summed E-state index contributed by atoms with van der Waals surface area (Å²) in [5, 5.41) is 6.41. The number of hydrogen-bond donors (Lipinski definition) is 2. The maximum absolute atomic E-state index is 14.7. The number of benzene rings is 1. The molecular formula is C23H20FN7O4. The number of Topliss-reactive ketones (excluding diaryl/α,β-unsaturated/α-hetero) is 1. The van der Waals surface area contributed by atoms with E-state index in [1.165, 1.54) is 11.1 Å². The van der Waals surface area contributed by atoms with Crippen LogP contribution in [0.2, 0.25) is 0 Å². The van der Waals surface area contributed by atoms with Crippen molar-refractivity contribution in [3.8, 4) is 11.5 Å². The SMILES string of the molecule is CNc1nc(-c2ncc(F)c3c(C(=O)C(=O)N4CCN(C(=O)c5ccccc5)CC4)c[nH]c23)no1. The molecule has 11 nitrogen and oxygen atoms in total. The first-order valence-electron chi connectivity index (χ1n) is 10.8. The minimum absolute atomic E-state index is 0.0814. The zero-order valence-electron chi connectivity index (χ0n) is 18.6. The molecule has 4 aromatic rings. The van der Waals surface area contributed by atoms with E-state index in [4.69, 9.17) is 4.52 Å². The summed E-state index contributed by atoms with van der Waals surface area (Å²) in [6.07, 6.45) is 2.21. The molecule has 0 bridgehead atoms. The second kappa shape index (κ2) is 8.97. The van der Waals surface area contributed by atoms with Crippen LogP contribution in [0.4, 0.5) is 10.4 Å². The third-order valence-corrected chi connectivity index (χ3v) is 5.83. The predicted molar refractivity (Wildman–Crippen MR) is 122 cm³/mol. The number of nitrogens with one attached hydrogen (secondary N) is 2. The lowest BCUT2D eigenvalue weighted by Crippen LogP contribution is -2.52. The molecule has 12 heteroatoms. The Morgan fingerprint density at radius 3 is 2.49 bits per heavy atom. The molecule has 0 saturated carbocycles. The van der Waals surface area contributed by atoms with Crippen molar-refractivity contribution >= 4 is 34.5 Å². The monoisotopic (exact) mass is 477 g/mol. The van der Waals surface area contributed by atoms with E-state index >= 15 is 0 Å². The van der Waals surface area contributed by atoms with Crippen molar-refractivity contribution in [1.29, 1.82) is 0 Å². The molecule has 0 unspecified atom stereocenters. The van der Waals surface area contributed by atoms with Gasteiger partial charge in [0.25, 0.3) is 17.6 Å². The number of carbonyl (C=O) groups excluding carboxylic acids is 3. The summed E-state index contributed by atoms with van der Waals surface area (Å²) in [4.78, 5) is 52.6. The van der Waals surface area contributed by atoms with Gasteiger partial charge in [0.05, 0.1) is 22.7 Å². The standard InChI is InChI=1S/C23H20FN7O4/c1-25-23-28-20(29-35-23)18-17-16(15(24)12-27-18)14(11-26-17)19(32)22(34)31-9-7-30(8-10-31)21(33)13-5-3-2-4-6-13/h2-6,11-12,26H,7-10H2,1H3,(H,25,28,29). The van der Waals surface area contributed by atoms with E-state index in [0.29, 0.717) is 5.56 Å². The number of pyridine rings is 1. The molecule has 0 atom stereocenters. The van der Waals surface area contributed by atoms with Gasteiger partial charge in [0.1, 0.15) is 5.69 Å². The van der Waals surface area contributed by atoms with Gasteiger partial charge in [-0.25, -0.2) is 9.37 Å². The average Bonchev–Trinajstić information content (AvgIpc) is 3.57. The highest BCUT2D eigenvalue weighted by atomic mass is 19.1. The number of rotatable bonds is 5. The molecule has 1 aliphatic heterocycles. The number of ketones is 1. The Balaban J connectivity index is 1.35. The summed E-state index contributed by atoms with van der Waals surface area (Å²) in [7, 11) is 1.60. The fourth-order valence-corrected chi connectivity index (χ4v) is 4.01. The molecular weight excluding hydrogens is 457 g/mol. The second-order valence-corrected chi connectivity index (χ2v) is 7.86. The highest BCUT2D eigenvalue weighted by Crippen LogP contribution is 2.29. The molecule has 35 heavy (non-hydrogen) atoms. The maximum atomic E-state index is 14.7. The fraction of sp³-hybridized carbons (Fsp3) is 0.217. The van der Waals surface area contributed by atoms with Gasteiger partial charge in [-0.15, -0.1) is 0 Å². The molecule has 0 spiro atoms. The van der Waals surface area contributed by atoms with Gasteiger partial charge in [0.2, 0.25) is 5.82 Å². The molecule has 0 aliphatic carbocycles. The van der Waals surface area contributed by atoms with Crippen molar-refractivity contribution in [2.75, 3.05) is 38.5 Å². The van der Waals surface area contributed by atoms with E-state index in [1.807, 2.05) is 6.07 Å². The van der Waals surface area contributed by atoms with Gasteiger partial charge in [-0.05, 0) is 12.1 Å². The van der Waals surface area contributed by atoms with Gasteiger partial charge in [-0.3, -0.25) is 14.4 Å². The van der Waals surface area contributed by atoms with Crippen LogP contribution in [-0.4, -0.2) is 80.7 Å².